The number of carboxylic acid groups (broad SMARTS) is 2. The molecule has 0 amide bonds. The summed E-state index contributed by atoms with van der Waals surface area (Å²) in [5, 5.41) is 17.3. The van der Waals surface area contributed by atoms with Crippen LogP contribution in [0.2, 0.25) is 0 Å². The Labute approximate surface area is 137 Å². The second-order valence-electron chi connectivity index (χ2n) is 4.47. The van der Waals surface area contributed by atoms with Crippen molar-refractivity contribution < 1.29 is 55.6 Å². The zero-order valence-electron chi connectivity index (χ0n) is 12.9. The number of rotatable bonds is 11. The Kier molecular flexibility index (Phi) is 13.9. The van der Waals surface area contributed by atoms with Crippen molar-refractivity contribution in [3.8, 4) is 0 Å². The predicted molar refractivity (Wildman–Crippen MR) is 67.5 cm³/mol. The summed E-state index contributed by atoms with van der Waals surface area (Å²) in [5.41, 5.74) is 0. The van der Waals surface area contributed by atoms with Gasteiger partial charge in [-0.2, -0.15) is 0 Å². The van der Waals surface area contributed by atoms with Gasteiger partial charge in [0.2, 0.25) is 0 Å². The van der Waals surface area contributed by atoms with Crippen LogP contribution in [0.25, 0.3) is 0 Å². The van der Waals surface area contributed by atoms with E-state index in [1.165, 1.54) is 6.42 Å². The van der Waals surface area contributed by atoms with E-state index in [4.69, 9.17) is 10.2 Å². The van der Waals surface area contributed by atoms with E-state index < -0.39 is 30.1 Å². The molecule has 2 N–H and O–H groups in total. The fraction of sp³-hybridized carbons (Fsp3) is 0.769. The quantitative estimate of drug-likeness (QED) is 0.305. The molecule has 0 bridgehead atoms. The largest absolute Gasteiger partial charge is 1.00 e. The minimum absolute atomic E-state index is 0. The van der Waals surface area contributed by atoms with Gasteiger partial charge in [-0.25, -0.2) is 0 Å². The summed E-state index contributed by atoms with van der Waals surface area (Å²) in [6.45, 7) is 2.12. The third-order valence-corrected chi connectivity index (χ3v) is 2.84. The van der Waals surface area contributed by atoms with Crippen LogP contribution in [0.1, 0.15) is 59.7 Å². The van der Waals surface area contributed by atoms with Crippen molar-refractivity contribution in [2.75, 3.05) is 0 Å². The van der Waals surface area contributed by atoms with Gasteiger partial charge in [0.15, 0.2) is 0 Å². The van der Waals surface area contributed by atoms with Crippen molar-refractivity contribution in [3.05, 3.63) is 0 Å². The molecule has 6 heteroatoms. The molecule has 0 heterocycles. The Morgan fingerprint density at radius 2 is 1.53 bits per heavy atom. The van der Waals surface area contributed by atoms with Crippen LogP contribution >= 0.6 is 0 Å². The Hall–Kier alpha value is -0.390. The van der Waals surface area contributed by atoms with Crippen molar-refractivity contribution in [1.29, 1.82) is 0 Å². The number of carbonyl (C=O) groups is 3. The molecule has 106 valence electrons. The van der Waals surface area contributed by atoms with Crippen LogP contribution in [-0.4, -0.2) is 27.9 Å². The Balaban J connectivity index is -0.00000144. The molecule has 0 aliphatic heterocycles. The van der Waals surface area contributed by atoms with Gasteiger partial charge in [0.25, 0.3) is 0 Å². The fourth-order valence-electron chi connectivity index (χ4n) is 1.77. The van der Waals surface area contributed by atoms with Gasteiger partial charge < -0.3 is 11.6 Å². The first-order valence-electron chi connectivity index (χ1n) is 6.46. The van der Waals surface area contributed by atoms with Gasteiger partial charge in [0.1, 0.15) is 11.7 Å². The van der Waals surface area contributed by atoms with E-state index in [1.807, 2.05) is 0 Å². The van der Waals surface area contributed by atoms with Gasteiger partial charge in [-0.15, -0.1) is 0 Å². The van der Waals surface area contributed by atoms with Gasteiger partial charge in [0, 0.05) is 6.42 Å². The normalized spacial score (nSPS) is 11.4. The number of unbranched alkanes of at least 4 members (excludes halogenated alkanes) is 5. The Bertz CT molecular complexity index is 296. The predicted octanol–water partition coefficient (Wildman–Crippen LogP) is -0.402. The number of hydrogen-bond acceptors (Lipinski definition) is 3. The molecular weight excluding hydrogens is 259 g/mol. The monoisotopic (exact) mass is 282 g/mol. The Morgan fingerprint density at radius 3 is 2.00 bits per heavy atom. The average molecular weight is 282 g/mol. The van der Waals surface area contributed by atoms with E-state index in [0.29, 0.717) is 6.42 Å². The molecule has 1 unspecified atom stereocenters. The van der Waals surface area contributed by atoms with Crippen molar-refractivity contribution in [1.82, 2.24) is 0 Å². The summed E-state index contributed by atoms with van der Waals surface area (Å²) in [6, 6.07) is 0. The van der Waals surface area contributed by atoms with Crippen LogP contribution in [0, 0.1) is 5.92 Å². The second kappa shape index (κ2) is 12.6. The molecule has 0 saturated carbocycles. The summed E-state index contributed by atoms with van der Waals surface area (Å²) in [7, 11) is 0. The van der Waals surface area contributed by atoms with E-state index in [0.717, 1.165) is 25.7 Å². The minimum Gasteiger partial charge on any atom is -1.00 e. The molecule has 0 aliphatic rings. The van der Waals surface area contributed by atoms with Crippen LogP contribution in [-0.2, 0) is 14.4 Å². The van der Waals surface area contributed by atoms with Crippen molar-refractivity contribution in [2.24, 2.45) is 5.92 Å². The van der Waals surface area contributed by atoms with Gasteiger partial charge in [-0.1, -0.05) is 39.0 Å². The number of carboxylic acids is 2. The number of carbonyl (C=O) groups excluding carboxylic acids is 1. The molecule has 0 rings (SSSR count). The molecule has 0 aliphatic carbocycles. The number of ketones is 1. The number of aliphatic carboxylic acids is 2. The first kappa shape index (κ1) is 20.9. The standard InChI is InChI=1S/C13H22O5.Na.H/c1-2-3-4-5-6-7-8-11(14)10(13(17)18)9-12(15)16;;/h10H,2-9H2,1H3,(H,15,16)(H,17,18);;/q;+1;-1. The molecular formula is C13H23NaO5. The molecule has 0 saturated heterocycles. The van der Waals surface area contributed by atoms with Gasteiger partial charge in [-0.05, 0) is 6.42 Å². The Morgan fingerprint density at radius 1 is 1.00 bits per heavy atom. The van der Waals surface area contributed by atoms with E-state index >= 15 is 0 Å². The number of Topliss-reactive ketones (excluding diaryl/α,β-unsaturated/α-hetero) is 1. The topological polar surface area (TPSA) is 91.7 Å². The zero-order valence-corrected chi connectivity index (χ0v) is 13.9. The van der Waals surface area contributed by atoms with Crippen LogP contribution in [0.3, 0.4) is 0 Å². The molecule has 0 fully saturated rings. The maximum Gasteiger partial charge on any atom is 1.00 e. The molecule has 0 spiro atoms. The molecule has 0 aromatic heterocycles. The molecule has 19 heavy (non-hydrogen) atoms. The smallest absolute Gasteiger partial charge is 1.00 e. The molecule has 0 aromatic carbocycles. The molecule has 5 nitrogen and oxygen atoms in total. The van der Waals surface area contributed by atoms with Crippen LogP contribution in [0.4, 0.5) is 0 Å². The van der Waals surface area contributed by atoms with Crippen molar-refractivity contribution in [2.45, 2.75) is 58.3 Å². The summed E-state index contributed by atoms with van der Waals surface area (Å²) in [5.74, 6) is -4.45. The van der Waals surface area contributed by atoms with E-state index in [9.17, 15) is 14.4 Å². The minimum atomic E-state index is -1.39. The summed E-state index contributed by atoms with van der Waals surface area (Å²) >= 11 is 0. The van der Waals surface area contributed by atoms with E-state index in [-0.39, 0.29) is 37.4 Å². The van der Waals surface area contributed by atoms with E-state index in [1.54, 1.807) is 0 Å². The van der Waals surface area contributed by atoms with Crippen molar-refractivity contribution in [3.63, 3.8) is 0 Å². The third-order valence-electron chi connectivity index (χ3n) is 2.84. The second-order valence-corrected chi connectivity index (χ2v) is 4.47. The summed E-state index contributed by atoms with van der Waals surface area (Å²) < 4.78 is 0. The first-order valence-corrected chi connectivity index (χ1v) is 6.46. The summed E-state index contributed by atoms with van der Waals surface area (Å²) in [6.07, 6.45) is 5.57. The van der Waals surface area contributed by atoms with Gasteiger partial charge in [0.05, 0.1) is 6.42 Å². The fourth-order valence-corrected chi connectivity index (χ4v) is 1.77. The molecule has 0 radical (unpaired) electrons. The van der Waals surface area contributed by atoms with Crippen LogP contribution in [0.5, 0.6) is 0 Å². The zero-order chi connectivity index (χ0) is 14.0. The SMILES string of the molecule is CCCCCCCCC(=O)C(CC(=O)O)C(=O)O.[H-].[Na+]. The first-order chi connectivity index (χ1) is 8.49. The van der Waals surface area contributed by atoms with Gasteiger partial charge in [-0.3, -0.25) is 14.4 Å². The molecule has 0 aromatic rings. The third kappa shape index (κ3) is 11.2. The van der Waals surface area contributed by atoms with E-state index in [2.05, 4.69) is 6.92 Å². The number of hydrogen-bond donors (Lipinski definition) is 2. The van der Waals surface area contributed by atoms with Crippen LogP contribution < -0.4 is 29.6 Å². The summed E-state index contributed by atoms with van der Waals surface area (Å²) in [4.78, 5) is 32.8. The maximum absolute atomic E-state index is 11.6. The van der Waals surface area contributed by atoms with Crippen LogP contribution in [0.15, 0.2) is 0 Å². The van der Waals surface area contributed by atoms with Gasteiger partial charge >= 0.3 is 41.5 Å². The molecule has 1 atom stereocenters. The maximum atomic E-state index is 11.6. The average Bonchev–Trinajstić information content (AvgIpc) is 2.29. The van der Waals surface area contributed by atoms with Crippen molar-refractivity contribution >= 4 is 17.7 Å².